The van der Waals surface area contributed by atoms with Crippen molar-refractivity contribution >= 4 is 49.3 Å². The fourth-order valence-corrected chi connectivity index (χ4v) is 3.69. The smallest absolute Gasteiger partial charge is 0.295 e. The third-order valence-corrected chi connectivity index (χ3v) is 5.18. The molecule has 1 amide bonds. The molecule has 26 heavy (non-hydrogen) atoms. The van der Waals surface area contributed by atoms with Crippen molar-refractivity contribution in [1.29, 1.82) is 0 Å². The number of ketones is 1. The molecule has 5 nitrogen and oxygen atoms in total. The zero-order valence-corrected chi connectivity index (χ0v) is 16.7. The van der Waals surface area contributed by atoms with Gasteiger partial charge in [-0.15, -0.1) is 0 Å². The molecule has 1 aliphatic heterocycles. The molecule has 2 N–H and O–H groups in total. The molecule has 0 saturated carbocycles. The first-order chi connectivity index (χ1) is 12.4. The van der Waals surface area contributed by atoms with Crippen LogP contribution in [0, 0.1) is 0 Å². The molecular formula is C19H15Br2NO4. The summed E-state index contributed by atoms with van der Waals surface area (Å²) in [5.41, 5.74) is 1.13. The highest BCUT2D eigenvalue weighted by atomic mass is 79.9. The van der Waals surface area contributed by atoms with Crippen molar-refractivity contribution < 1.29 is 19.8 Å². The van der Waals surface area contributed by atoms with Gasteiger partial charge >= 0.3 is 0 Å². The summed E-state index contributed by atoms with van der Waals surface area (Å²) in [6.07, 6.45) is 0. The van der Waals surface area contributed by atoms with E-state index in [9.17, 15) is 19.8 Å². The SMILES string of the molecule is O=C1C(=O)N(CCO)C(c2cccc(Br)c2)/C1=C(/O)c1ccc(Br)cc1. The third-order valence-electron chi connectivity index (χ3n) is 4.16. The van der Waals surface area contributed by atoms with Gasteiger partial charge in [0.2, 0.25) is 0 Å². The molecule has 3 rings (SSSR count). The summed E-state index contributed by atoms with van der Waals surface area (Å²) in [5, 5.41) is 20.1. The Morgan fingerprint density at radius 2 is 1.73 bits per heavy atom. The second kappa shape index (κ2) is 7.73. The molecule has 1 unspecified atom stereocenters. The fraction of sp³-hybridized carbons (Fsp3) is 0.158. The Morgan fingerprint density at radius 1 is 1.04 bits per heavy atom. The molecule has 2 aromatic carbocycles. The number of carbonyl (C=O) groups excluding carboxylic acids is 2. The highest BCUT2D eigenvalue weighted by Gasteiger charge is 2.45. The molecule has 134 valence electrons. The van der Waals surface area contributed by atoms with Gasteiger partial charge in [0.05, 0.1) is 18.2 Å². The topological polar surface area (TPSA) is 77.8 Å². The third kappa shape index (κ3) is 3.47. The molecule has 1 heterocycles. The van der Waals surface area contributed by atoms with Gasteiger partial charge in [-0.05, 0) is 29.8 Å². The maximum atomic E-state index is 12.6. The molecule has 0 radical (unpaired) electrons. The minimum absolute atomic E-state index is 0.00112. The molecule has 1 aliphatic rings. The number of aliphatic hydroxyl groups excluding tert-OH is 2. The lowest BCUT2D eigenvalue weighted by Crippen LogP contribution is -2.32. The molecule has 2 aromatic rings. The second-order valence-corrected chi connectivity index (χ2v) is 7.61. The van der Waals surface area contributed by atoms with E-state index in [1.807, 2.05) is 6.07 Å². The maximum absolute atomic E-state index is 12.6. The second-order valence-electron chi connectivity index (χ2n) is 5.78. The molecule has 0 aromatic heterocycles. The van der Waals surface area contributed by atoms with E-state index < -0.39 is 17.7 Å². The van der Waals surface area contributed by atoms with Crippen LogP contribution in [0.2, 0.25) is 0 Å². The number of β-amino-alcohol motifs (C(OH)–C–C–N with tert-alkyl or cyclic N) is 1. The van der Waals surface area contributed by atoms with E-state index in [1.165, 1.54) is 4.90 Å². The van der Waals surface area contributed by atoms with Crippen LogP contribution in [0.25, 0.3) is 5.76 Å². The van der Waals surface area contributed by atoms with Gasteiger partial charge in [-0.2, -0.15) is 0 Å². The summed E-state index contributed by atoms with van der Waals surface area (Å²) in [5.74, 6) is -1.73. The largest absolute Gasteiger partial charge is 0.507 e. The number of Topliss-reactive ketones (excluding diaryl/α,β-unsaturated/α-hetero) is 1. The molecule has 0 bridgehead atoms. The summed E-state index contributed by atoms with van der Waals surface area (Å²) in [6, 6.07) is 13.2. The zero-order chi connectivity index (χ0) is 18.8. The lowest BCUT2D eigenvalue weighted by Gasteiger charge is -2.24. The summed E-state index contributed by atoms with van der Waals surface area (Å²) in [4.78, 5) is 26.4. The summed E-state index contributed by atoms with van der Waals surface area (Å²) in [7, 11) is 0. The summed E-state index contributed by atoms with van der Waals surface area (Å²) in [6.45, 7) is -0.283. The van der Waals surface area contributed by atoms with Crippen molar-refractivity contribution in [3.63, 3.8) is 0 Å². The van der Waals surface area contributed by atoms with Gasteiger partial charge in [0.1, 0.15) is 5.76 Å². The van der Waals surface area contributed by atoms with Crippen LogP contribution >= 0.6 is 31.9 Å². The Kier molecular flexibility index (Phi) is 5.60. The summed E-state index contributed by atoms with van der Waals surface area (Å²) < 4.78 is 1.62. The van der Waals surface area contributed by atoms with E-state index in [0.29, 0.717) is 11.1 Å². The van der Waals surface area contributed by atoms with Crippen LogP contribution in [0.3, 0.4) is 0 Å². The predicted molar refractivity (Wildman–Crippen MR) is 104 cm³/mol. The summed E-state index contributed by atoms with van der Waals surface area (Å²) >= 11 is 6.71. The number of hydrogen-bond acceptors (Lipinski definition) is 4. The van der Waals surface area contributed by atoms with Crippen LogP contribution in [-0.4, -0.2) is 40.0 Å². The van der Waals surface area contributed by atoms with Crippen molar-refractivity contribution in [3.8, 4) is 0 Å². The van der Waals surface area contributed by atoms with Crippen LogP contribution in [0.1, 0.15) is 17.2 Å². The van der Waals surface area contributed by atoms with Crippen molar-refractivity contribution in [1.82, 2.24) is 4.90 Å². The van der Waals surface area contributed by atoms with Crippen LogP contribution in [0.5, 0.6) is 0 Å². The first kappa shape index (κ1) is 18.8. The number of likely N-dealkylation sites (tertiary alicyclic amines) is 1. The van der Waals surface area contributed by atoms with Crippen molar-refractivity contribution in [2.45, 2.75) is 6.04 Å². The molecular weight excluding hydrogens is 466 g/mol. The lowest BCUT2D eigenvalue weighted by molar-refractivity contribution is -0.140. The van der Waals surface area contributed by atoms with Crippen LogP contribution in [0.15, 0.2) is 63.0 Å². The number of carbonyl (C=O) groups is 2. The molecule has 0 spiro atoms. The fourth-order valence-electron chi connectivity index (χ4n) is 3.00. The van der Waals surface area contributed by atoms with Gasteiger partial charge < -0.3 is 15.1 Å². The number of amides is 1. The van der Waals surface area contributed by atoms with E-state index in [0.717, 1.165) is 8.95 Å². The Labute approximate surface area is 167 Å². The van der Waals surface area contributed by atoms with E-state index >= 15 is 0 Å². The van der Waals surface area contributed by atoms with Crippen molar-refractivity contribution in [2.24, 2.45) is 0 Å². The number of nitrogens with zero attached hydrogens (tertiary/aromatic N) is 1. The highest BCUT2D eigenvalue weighted by molar-refractivity contribution is 9.10. The Bertz CT molecular complexity index is 893. The number of rotatable bonds is 4. The minimum Gasteiger partial charge on any atom is -0.507 e. The minimum atomic E-state index is -0.761. The Hall–Kier alpha value is -1.96. The van der Waals surface area contributed by atoms with Gasteiger partial charge in [-0.1, -0.05) is 56.1 Å². The zero-order valence-electron chi connectivity index (χ0n) is 13.5. The lowest BCUT2D eigenvalue weighted by atomic mass is 9.95. The van der Waals surface area contributed by atoms with Gasteiger partial charge in [0, 0.05) is 21.1 Å². The Balaban J connectivity index is 2.19. The highest BCUT2D eigenvalue weighted by Crippen LogP contribution is 2.39. The van der Waals surface area contributed by atoms with Crippen LogP contribution < -0.4 is 0 Å². The van der Waals surface area contributed by atoms with E-state index in [4.69, 9.17) is 0 Å². The van der Waals surface area contributed by atoms with Gasteiger partial charge in [-0.3, -0.25) is 9.59 Å². The molecule has 1 fully saturated rings. The van der Waals surface area contributed by atoms with Crippen molar-refractivity contribution in [2.75, 3.05) is 13.2 Å². The van der Waals surface area contributed by atoms with Crippen molar-refractivity contribution in [3.05, 3.63) is 74.2 Å². The van der Waals surface area contributed by atoms with Crippen LogP contribution in [0.4, 0.5) is 0 Å². The van der Waals surface area contributed by atoms with E-state index in [2.05, 4.69) is 31.9 Å². The number of halogens is 2. The molecule has 1 atom stereocenters. The molecule has 1 saturated heterocycles. The number of benzene rings is 2. The monoisotopic (exact) mass is 479 g/mol. The average molecular weight is 481 g/mol. The maximum Gasteiger partial charge on any atom is 0.295 e. The number of aliphatic hydroxyl groups is 2. The van der Waals surface area contributed by atoms with E-state index in [-0.39, 0.29) is 24.5 Å². The van der Waals surface area contributed by atoms with Crippen LogP contribution in [-0.2, 0) is 9.59 Å². The standard InChI is InChI=1S/C19H15Br2NO4/c20-13-6-4-11(5-7-13)17(24)15-16(12-2-1-3-14(21)10-12)22(8-9-23)19(26)18(15)25/h1-7,10,16,23-24H,8-9H2/b17-15-. The van der Waals surface area contributed by atoms with E-state index in [1.54, 1.807) is 42.5 Å². The molecule has 7 heteroatoms. The van der Waals surface area contributed by atoms with Gasteiger partial charge in [0.25, 0.3) is 11.7 Å². The normalized spacial score (nSPS) is 19.2. The first-order valence-corrected chi connectivity index (χ1v) is 9.43. The number of hydrogen-bond donors (Lipinski definition) is 2. The average Bonchev–Trinajstić information content (AvgIpc) is 2.87. The van der Waals surface area contributed by atoms with Gasteiger partial charge in [0.15, 0.2) is 0 Å². The quantitative estimate of drug-likeness (QED) is 0.398. The first-order valence-electron chi connectivity index (χ1n) is 7.84. The Morgan fingerprint density at radius 3 is 2.35 bits per heavy atom. The molecule has 0 aliphatic carbocycles. The van der Waals surface area contributed by atoms with Gasteiger partial charge in [-0.25, -0.2) is 0 Å². The predicted octanol–water partition coefficient (Wildman–Crippen LogP) is 3.63.